The number of carbonyl (C=O) groups is 1. The molecular weight excluding hydrogens is 130 g/mol. The molecule has 2 atom stereocenters. The summed E-state index contributed by atoms with van der Waals surface area (Å²) in [5, 5.41) is 11.8. The van der Waals surface area contributed by atoms with E-state index < -0.39 is 0 Å². The van der Waals surface area contributed by atoms with Crippen LogP contribution in [0.4, 0.5) is 0 Å². The van der Waals surface area contributed by atoms with Crippen molar-refractivity contribution in [1.29, 1.82) is 0 Å². The predicted octanol–water partition coefficient (Wildman–Crippen LogP) is 0.0359. The van der Waals surface area contributed by atoms with E-state index in [0.717, 1.165) is 19.3 Å². The Bertz CT molecular complexity index is 136. The normalized spacial score (nSPS) is 32.2. The maximum atomic E-state index is 10.5. The quantitative estimate of drug-likeness (QED) is 0.544. The molecule has 0 aromatic rings. The molecule has 1 amide bonds. The average Bonchev–Trinajstić information content (AvgIpc) is 2.13. The van der Waals surface area contributed by atoms with E-state index in [-0.39, 0.29) is 18.1 Å². The lowest BCUT2D eigenvalue weighted by molar-refractivity contribution is -0.119. The van der Waals surface area contributed by atoms with E-state index in [1.807, 2.05) is 0 Å². The van der Waals surface area contributed by atoms with E-state index >= 15 is 0 Å². The van der Waals surface area contributed by atoms with E-state index in [1.165, 1.54) is 6.92 Å². The van der Waals surface area contributed by atoms with Crippen molar-refractivity contribution >= 4 is 5.91 Å². The number of hydrogen-bond acceptors (Lipinski definition) is 2. The molecule has 1 fully saturated rings. The van der Waals surface area contributed by atoms with Gasteiger partial charge in [-0.05, 0) is 19.3 Å². The summed E-state index contributed by atoms with van der Waals surface area (Å²) in [6.45, 7) is 1.50. The predicted molar refractivity (Wildman–Crippen MR) is 37.5 cm³/mol. The van der Waals surface area contributed by atoms with E-state index in [9.17, 15) is 4.79 Å². The average molecular weight is 143 g/mol. The summed E-state index contributed by atoms with van der Waals surface area (Å²) in [6.07, 6.45) is 2.27. The molecule has 0 aliphatic heterocycles. The molecule has 1 aliphatic carbocycles. The second-order valence-electron chi connectivity index (χ2n) is 2.86. The van der Waals surface area contributed by atoms with Gasteiger partial charge in [0.15, 0.2) is 0 Å². The van der Waals surface area contributed by atoms with Gasteiger partial charge in [0.25, 0.3) is 0 Å². The van der Waals surface area contributed by atoms with Gasteiger partial charge >= 0.3 is 0 Å². The Morgan fingerprint density at radius 3 is 2.70 bits per heavy atom. The Morgan fingerprint density at radius 1 is 1.60 bits per heavy atom. The standard InChI is InChI=1S/C7H13NO2/c1-5(9)8-6-2-3-7(10)4-6/h6-7,10H,2-4H2,1H3,(H,8,9). The van der Waals surface area contributed by atoms with Crippen LogP contribution in [0, 0.1) is 0 Å². The monoisotopic (exact) mass is 143 g/mol. The van der Waals surface area contributed by atoms with Gasteiger partial charge in [-0.15, -0.1) is 0 Å². The molecule has 2 unspecified atom stereocenters. The van der Waals surface area contributed by atoms with E-state index in [1.54, 1.807) is 0 Å². The van der Waals surface area contributed by atoms with Crippen LogP contribution in [0.3, 0.4) is 0 Å². The molecule has 0 aromatic heterocycles. The maximum absolute atomic E-state index is 10.5. The van der Waals surface area contributed by atoms with Gasteiger partial charge in [0.1, 0.15) is 0 Å². The van der Waals surface area contributed by atoms with Gasteiger partial charge in [0.05, 0.1) is 6.10 Å². The number of aliphatic hydroxyl groups is 1. The summed E-state index contributed by atoms with van der Waals surface area (Å²) in [6, 6.07) is 0.215. The minimum Gasteiger partial charge on any atom is -0.393 e. The summed E-state index contributed by atoms with van der Waals surface area (Å²) in [5.74, 6) is -0.000833. The topological polar surface area (TPSA) is 49.3 Å². The molecule has 0 spiro atoms. The highest BCUT2D eigenvalue weighted by Crippen LogP contribution is 2.18. The van der Waals surface area contributed by atoms with E-state index in [0.29, 0.717) is 0 Å². The number of amides is 1. The summed E-state index contributed by atoms with van der Waals surface area (Å²) in [7, 11) is 0. The highest BCUT2D eigenvalue weighted by Gasteiger charge is 2.22. The van der Waals surface area contributed by atoms with Crippen molar-refractivity contribution in [3.05, 3.63) is 0 Å². The first-order chi connectivity index (χ1) is 4.68. The molecule has 0 bridgehead atoms. The summed E-state index contributed by atoms with van der Waals surface area (Å²) < 4.78 is 0. The fourth-order valence-corrected chi connectivity index (χ4v) is 1.38. The zero-order valence-electron chi connectivity index (χ0n) is 6.13. The Labute approximate surface area is 60.4 Å². The van der Waals surface area contributed by atoms with Gasteiger partial charge in [-0.25, -0.2) is 0 Å². The highest BCUT2D eigenvalue weighted by atomic mass is 16.3. The Hall–Kier alpha value is -0.570. The number of nitrogens with one attached hydrogen (secondary N) is 1. The molecule has 0 saturated heterocycles. The Balaban J connectivity index is 2.24. The Kier molecular flexibility index (Phi) is 2.27. The van der Waals surface area contributed by atoms with Crippen molar-refractivity contribution in [2.75, 3.05) is 0 Å². The van der Waals surface area contributed by atoms with Crippen LogP contribution in [0.1, 0.15) is 26.2 Å². The van der Waals surface area contributed by atoms with Gasteiger partial charge in [-0.2, -0.15) is 0 Å². The zero-order valence-corrected chi connectivity index (χ0v) is 6.13. The second-order valence-corrected chi connectivity index (χ2v) is 2.86. The van der Waals surface area contributed by atoms with Crippen molar-refractivity contribution in [2.24, 2.45) is 0 Å². The first-order valence-electron chi connectivity index (χ1n) is 3.63. The molecule has 58 valence electrons. The van der Waals surface area contributed by atoms with Gasteiger partial charge in [0.2, 0.25) is 5.91 Å². The number of aliphatic hydroxyl groups excluding tert-OH is 1. The van der Waals surface area contributed by atoms with Crippen LogP contribution in [0.15, 0.2) is 0 Å². The molecule has 10 heavy (non-hydrogen) atoms. The number of rotatable bonds is 1. The van der Waals surface area contributed by atoms with Crippen molar-refractivity contribution in [1.82, 2.24) is 5.32 Å². The van der Waals surface area contributed by atoms with E-state index in [2.05, 4.69) is 5.32 Å². The van der Waals surface area contributed by atoms with Gasteiger partial charge in [-0.3, -0.25) is 4.79 Å². The van der Waals surface area contributed by atoms with Gasteiger partial charge in [-0.1, -0.05) is 0 Å². The molecule has 0 heterocycles. The van der Waals surface area contributed by atoms with Crippen molar-refractivity contribution < 1.29 is 9.90 Å². The van der Waals surface area contributed by atoms with Gasteiger partial charge in [0, 0.05) is 13.0 Å². The third-order valence-electron chi connectivity index (χ3n) is 1.81. The largest absolute Gasteiger partial charge is 0.393 e. The van der Waals surface area contributed by atoms with Crippen LogP contribution in [0.2, 0.25) is 0 Å². The molecule has 1 rings (SSSR count). The number of carbonyl (C=O) groups excluding carboxylic acids is 1. The molecule has 3 heteroatoms. The smallest absolute Gasteiger partial charge is 0.217 e. The first kappa shape index (κ1) is 7.54. The minimum absolute atomic E-state index is 0.000833. The van der Waals surface area contributed by atoms with Crippen LogP contribution in [0.5, 0.6) is 0 Å². The molecule has 2 N–H and O–H groups in total. The third-order valence-corrected chi connectivity index (χ3v) is 1.81. The number of hydrogen-bond donors (Lipinski definition) is 2. The summed E-state index contributed by atoms with van der Waals surface area (Å²) in [4.78, 5) is 10.5. The SMILES string of the molecule is CC(=O)NC1CCC(O)C1. The van der Waals surface area contributed by atoms with Crippen LogP contribution < -0.4 is 5.32 Å². The lowest BCUT2D eigenvalue weighted by Gasteiger charge is -2.08. The van der Waals surface area contributed by atoms with Crippen molar-refractivity contribution in [2.45, 2.75) is 38.3 Å². The van der Waals surface area contributed by atoms with Gasteiger partial charge < -0.3 is 10.4 Å². The zero-order chi connectivity index (χ0) is 7.56. The maximum Gasteiger partial charge on any atom is 0.217 e. The lowest BCUT2D eigenvalue weighted by atomic mass is 10.2. The van der Waals surface area contributed by atoms with E-state index in [4.69, 9.17) is 5.11 Å². The van der Waals surface area contributed by atoms with Crippen LogP contribution in [-0.4, -0.2) is 23.2 Å². The molecule has 3 nitrogen and oxygen atoms in total. The molecule has 0 aromatic carbocycles. The van der Waals surface area contributed by atoms with Crippen molar-refractivity contribution in [3.63, 3.8) is 0 Å². The van der Waals surface area contributed by atoms with Crippen molar-refractivity contribution in [3.8, 4) is 0 Å². The third kappa shape index (κ3) is 1.99. The Morgan fingerprint density at radius 2 is 2.30 bits per heavy atom. The molecule has 0 radical (unpaired) electrons. The minimum atomic E-state index is -0.197. The van der Waals surface area contributed by atoms with Crippen LogP contribution in [0.25, 0.3) is 0 Å². The molecule has 1 aliphatic rings. The van der Waals surface area contributed by atoms with Crippen LogP contribution in [-0.2, 0) is 4.79 Å². The molecule has 1 saturated carbocycles. The second kappa shape index (κ2) is 3.01. The fraction of sp³-hybridized carbons (Fsp3) is 0.857. The summed E-state index contributed by atoms with van der Waals surface area (Å²) in [5.41, 5.74) is 0. The highest BCUT2D eigenvalue weighted by molar-refractivity contribution is 5.73. The first-order valence-corrected chi connectivity index (χ1v) is 3.63. The molecular formula is C7H13NO2. The van der Waals surface area contributed by atoms with Crippen LogP contribution >= 0.6 is 0 Å². The summed E-state index contributed by atoms with van der Waals surface area (Å²) >= 11 is 0. The fourth-order valence-electron chi connectivity index (χ4n) is 1.38. The lowest BCUT2D eigenvalue weighted by Crippen LogP contribution is -2.30.